The average Bonchev–Trinajstić information content (AvgIpc) is 3.28. The van der Waals surface area contributed by atoms with Gasteiger partial charge in [0.15, 0.2) is 6.61 Å². The summed E-state index contributed by atoms with van der Waals surface area (Å²) >= 11 is 0. The highest BCUT2D eigenvalue weighted by Gasteiger charge is 2.41. The number of pyridine rings is 1. The first-order chi connectivity index (χ1) is 11.3. The number of amides is 2. The Labute approximate surface area is 136 Å². The lowest BCUT2D eigenvalue weighted by Gasteiger charge is -2.15. The van der Waals surface area contributed by atoms with Crippen LogP contribution < -0.4 is 10.1 Å². The molecule has 1 aromatic heterocycles. The molecule has 130 valence electrons. The Bertz CT molecular complexity index is 629. The molecule has 3 rings (SSSR count). The minimum absolute atomic E-state index is 0.00771. The van der Waals surface area contributed by atoms with Crippen molar-refractivity contribution in [3.8, 4) is 5.88 Å². The molecule has 1 saturated carbocycles. The number of hydrogen-bond donors (Lipinski definition) is 1. The average molecular weight is 343 g/mol. The fourth-order valence-corrected chi connectivity index (χ4v) is 2.59. The molecule has 0 bridgehead atoms. The van der Waals surface area contributed by atoms with Crippen molar-refractivity contribution in [2.45, 2.75) is 31.5 Å². The molecule has 9 heteroatoms. The van der Waals surface area contributed by atoms with Crippen molar-refractivity contribution >= 4 is 17.5 Å². The molecule has 1 aromatic rings. The van der Waals surface area contributed by atoms with E-state index in [0.717, 1.165) is 12.8 Å². The van der Waals surface area contributed by atoms with Gasteiger partial charge in [-0.05, 0) is 18.9 Å². The molecule has 24 heavy (non-hydrogen) atoms. The fourth-order valence-electron chi connectivity index (χ4n) is 2.59. The van der Waals surface area contributed by atoms with Crippen molar-refractivity contribution in [2.24, 2.45) is 5.92 Å². The topological polar surface area (TPSA) is 71.5 Å². The van der Waals surface area contributed by atoms with Gasteiger partial charge in [0.1, 0.15) is 0 Å². The molecule has 0 spiro atoms. The summed E-state index contributed by atoms with van der Waals surface area (Å²) in [6, 6.07) is 2.94. The van der Waals surface area contributed by atoms with Gasteiger partial charge in [-0.3, -0.25) is 9.59 Å². The number of alkyl halides is 3. The highest BCUT2D eigenvalue weighted by molar-refractivity contribution is 5.97. The quantitative estimate of drug-likeness (QED) is 0.887. The summed E-state index contributed by atoms with van der Waals surface area (Å²) in [5, 5.41) is 2.63. The minimum Gasteiger partial charge on any atom is -0.468 e. The van der Waals surface area contributed by atoms with Gasteiger partial charge in [-0.2, -0.15) is 13.2 Å². The first-order valence-corrected chi connectivity index (χ1v) is 7.58. The van der Waals surface area contributed by atoms with Crippen LogP contribution in [0.15, 0.2) is 18.3 Å². The molecule has 1 saturated heterocycles. The molecule has 2 amide bonds. The van der Waals surface area contributed by atoms with E-state index >= 15 is 0 Å². The summed E-state index contributed by atoms with van der Waals surface area (Å²) in [5.74, 6) is -0.899. The van der Waals surface area contributed by atoms with Gasteiger partial charge in [0.25, 0.3) is 0 Å². The molecule has 2 heterocycles. The van der Waals surface area contributed by atoms with Gasteiger partial charge in [-0.1, -0.05) is 0 Å². The van der Waals surface area contributed by atoms with Crippen LogP contribution in [0.25, 0.3) is 0 Å². The monoisotopic (exact) mass is 343 g/mol. The number of anilines is 1. The Morgan fingerprint density at radius 3 is 2.71 bits per heavy atom. The number of likely N-dealkylation sites (tertiary alicyclic amines) is 1. The van der Waals surface area contributed by atoms with Gasteiger partial charge in [0.05, 0.1) is 17.8 Å². The van der Waals surface area contributed by atoms with Gasteiger partial charge < -0.3 is 15.0 Å². The smallest absolute Gasteiger partial charge is 0.422 e. The van der Waals surface area contributed by atoms with Crippen molar-refractivity contribution in [1.29, 1.82) is 0 Å². The van der Waals surface area contributed by atoms with E-state index in [0.29, 0.717) is 12.2 Å². The van der Waals surface area contributed by atoms with E-state index in [-0.39, 0.29) is 30.2 Å². The Morgan fingerprint density at radius 1 is 1.38 bits per heavy atom. The molecule has 0 unspecified atom stereocenters. The summed E-state index contributed by atoms with van der Waals surface area (Å²) < 4.78 is 40.6. The van der Waals surface area contributed by atoms with Crippen LogP contribution in [-0.2, 0) is 9.59 Å². The Kier molecular flexibility index (Phi) is 4.33. The summed E-state index contributed by atoms with van der Waals surface area (Å²) in [7, 11) is 0. The first-order valence-electron chi connectivity index (χ1n) is 7.58. The second-order valence-electron chi connectivity index (χ2n) is 5.96. The molecular formula is C15H16F3N3O3. The molecule has 1 atom stereocenters. The third kappa shape index (κ3) is 4.15. The van der Waals surface area contributed by atoms with Crippen molar-refractivity contribution < 1.29 is 27.5 Å². The van der Waals surface area contributed by atoms with Crippen LogP contribution in [0, 0.1) is 5.92 Å². The van der Waals surface area contributed by atoms with Crippen molar-refractivity contribution in [3.05, 3.63) is 18.3 Å². The molecule has 2 fully saturated rings. The Morgan fingerprint density at radius 2 is 2.12 bits per heavy atom. The van der Waals surface area contributed by atoms with Gasteiger partial charge in [0.2, 0.25) is 17.7 Å². The maximum absolute atomic E-state index is 12.2. The van der Waals surface area contributed by atoms with E-state index in [1.165, 1.54) is 18.3 Å². The molecule has 0 aromatic carbocycles. The van der Waals surface area contributed by atoms with E-state index < -0.39 is 18.7 Å². The van der Waals surface area contributed by atoms with Crippen LogP contribution >= 0.6 is 0 Å². The number of aromatic nitrogens is 1. The van der Waals surface area contributed by atoms with Crippen LogP contribution in [-0.4, -0.2) is 47.1 Å². The molecule has 0 radical (unpaired) electrons. The molecule has 2 aliphatic rings. The largest absolute Gasteiger partial charge is 0.468 e. The third-order valence-corrected chi connectivity index (χ3v) is 3.90. The molecule has 1 aliphatic carbocycles. The second-order valence-corrected chi connectivity index (χ2v) is 5.96. The van der Waals surface area contributed by atoms with E-state index in [1.807, 2.05) is 0 Å². The first kappa shape index (κ1) is 16.5. The van der Waals surface area contributed by atoms with Gasteiger partial charge in [-0.25, -0.2) is 4.98 Å². The molecule has 6 nitrogen and oxygen atoms in total. The lowest BCUT2D eigenvalue weighted by atomic mass is 10.1. The highest BCUT2D eigenvalue weighted by atomic mass is 19.4. The van der Waals surface area contributed by atoms with E-state index in [4.69, 9.17) is 0 Å². The maximum atomic E-state index is 12.2. The number of carbonyl (C=O) groups excluding carboxylic acids is 2. The molecule has 1 aliphatic heterocycles. The fraction of sp³-hybridized carbons (Fsp3) is 0.533. The van der Waals surface area contributed by atoms with Gasteiger partial charge in [0, 0.05) is 25.1 Å². The third-order valence-electron chi connectivity index (χ3n) is 3.90. The standard InChI is InChI=1S/C15H16F3N3O3/c16-15(17,18)8-24-12-4-1-10(6-19-12)20-14(23)9-5-13(22)21(7-9)11-2-3-11/h1,4,6,9,11H,2-3,5,7-8H2,(H,20,23)/t9-/m0/s1. The van der Waals surface area contributed by atoms with Crippen LogP contribution in [0.5, 0.6) is 5.88 Å². The molecular weight excluding hydrogens is 327 g/mol. The minimum atomic E-state index is -4.43. The zero-order valence-electron chi connectivity index (χ0n) is 12.7. The predicted molar refractivity (Wildman–Crippen MR) is 77.3 cm³/mol. The summed E-state index contributed by atoms with van der Waals surface area (Å²) in [6.45, 7) is -1.01. The summed E-state index contributed by atoms with van der Waals surface area (Å²) in [4.78, 5) is 29.5. The normalized spacial score (nSPS) is 21.0. The van der Waals surface area contributed by atoms with Crippen LogP contribution in [0.1, 0.15) is 19.3 Å². The lowest BCUT2D eigenvalue weighted by molar-refractivity contribution is -0.154. The number of nitrogens with zero attached hydrogens (tertiary/aromatic N) is 2. The van der Waals surface area contributed by atoms with Crippen LogP contribution in [0.2, 0.25) is 0 Å². The van der Waals surface area contributed by atoms with Crippen LogP contribution in [0.4, 0.5) is 18.9 Å². The van der Waals surface area contributed by atoms with Crippen LogP contribution in [0.3, 0.4) is 0 Å². The van der Waals surface area contributed by atoms with Crippen molar-refractivity contribution in [2.75, 3.05) is 18.5 Å². The van der Waals surface area contributed by atoms with Crippen molar-refractivity contribution in [3.63, 3.8) is 0 Å². The Hall–Kier alpha value is -2.32. The highest BCUT2D eigenvalue weighted by Crippen LogP contribution is 2.33. The van der Waals surface area contributed by atoms with E-state index in [2.05, 4.69) is 15.0 Å². The second kappa shape index (κ2) is 6.29. The lowest BCUT2D eigenvalue weighted by Crippen LogP contribution is -2.29. The SMILES string of the molecule is O=C(Nc1ccc(OCC(F)(F)F)nc1)[C@H]1CC(=O)N(C2CC2)C1. The predicted octanol–water partition coefficient (Wildman–Crippen LogP) is 1.97. The van der Waals surface area contributed by atoms with Gasteiger partial charge in [-0.15, -0.1) is 0 Å². The maximum Gasteiger partial charge on any atom is 0.422 e. The summed E-state index contributed by atoms with van der Waals surface area (Å²) in [6.07, 6.45) is -1.05. The zero-order valence-corrected chi connectivity index (χ0v) is 12.7. The summed E-state index contributed by atoms with van der Waals surface area (Å²) in [5.41, 5.74) is 0.344. The van der Waals surface area contributed by atoms with Gasteiger partial charge >= 0.3 is 6.18 Å². The number of hydrogen-bond acceptors (Lipinski definition) is 4. The zero-order chi connectivity index (χ0) is 17.3. The van der Waals surface area contributed by atoms with Crippen molar-refractivity contribution in [1.82, 2.24) is 9.88 Å². The van der Waals surface area contributed by atoms with E-state index in [1.54, 1.807) is 4.90 Å². The number of rotatable bonds is 5. The van der Waals surface area contributed by atoms with E-state index in [9.17, 15) is 22.8 Å². The Balaban J connectivity index is 1.52. The number of carbonyl (C=O) groups is 2. The number of ether oxygens (including phenoxy) is 1. The number of halogens is 3. The molecule has 1 N–H and O–H groups in total. The number of nitrogens with one attached hydrogen (secondary N) is 1.